The van der Waals surface area contributed by atoms with Crippen LogP contribution in [0.4, 0.5) is 4.79 Å². The van der Waals surface area contributed by atoms with Gasteiger partial charge in [-0.2, -0.15) is 0 Å². The zero-order valence-corrected chi connectivity index (χ0v) is 13.5. The first-order chi connectivity index (χ1) is 10.2. The lowest BCUT2D eigenvalue weighted by molar-refractivity contribution is -0.147. The first-order valence-corrected chi connectivity index (χ1v) is 7.73. The van der Waals surface area contributed by atoms with Crippen molar-refractivity contribution in [2.75, 3.05) is 40.3 Å². The Labute approximate surface area is 130 Å². The quantitative estimate of drug-likeness (QED) is 0.814. The van der Waals surface area contributed by atoms with E-state index in [4.69, 9.17) is 0 Å². The van der Waals surface area contributed by atoms with Gasteiger partial charge in [-0.1, -0.05) is 0 Å². The van der Waals surface area contributed by atoms with E-state index in [1.807, 2.05) is 0 Å². The van der Waals surface area contributed by atoms with Crippen LogP contribution in [-0.4, -0.2) is 78.0 Å². The van der Waals surface area contributed by atoms with Crippen LogP contribution in [0, 0.1) is 11.3 Å². The molecule has 0 spiro atoms. The van der Waals surface area contributed by atoms with Gasteiger partial charge < -0.3 is 19.8 Å². The molecule has 7 nitrogen and oxygen atoms in total. The predicted molar refractivity (Wildman–Crippen MR) is 80.3 cm³/mol. The zero-order chi connectivity index (χ0) is 16.5. The summed E-state index contributed by atoms with van der Waals surface area (Å²) in [5.41, 5.74) is -0.822. The van der Waals surface area contributed by atoms with Gasteiger partial charge in [0.25, 0.3) is 0 Å². The Balaban J connectivity index is 1.89. The summed E-state index contributed by atoms with van der Waals surface area (Å²) in [4.78, 5) is 40.7. The van der Waals surface area contributed by atoms with Crippen molar-refractivity contribution in [3.05, 3.63) is 0 Å². The van der Waals surface area contributed by atoms with Crippen molar-refractivity contribution in [1.29, 1.82) is 0 Å². The summed E-state index contributed by atoms with van der Waals surface area (Å²) in [6.07, 6.45) is 1.81. The molecule has 2 aliphatic rings. The molecule has 0 bridgehead atoms. The number of aliphatic carboxylic acids is 1. The molecular weight excluding hydrogens is 286 g/mol. The van der Waals surface area contributed by atoms with E-state index in [0.29, 0.717) is 38.9 Å². The standard InChI is InChI=1S/C15H25N3O4/c1-15(13(20)21)6-9-18(10-15)12(19)11-4-7-17(8-5-11)14(22)16(2)3/h11H,4-10H2,1-3H3,(H,20,21). The van der Waals surface area contributed by atoms with Gasteiger partial charge in [-0.15, -0.1) is 0 Å². The largest absolute Gasteiger partial charge is 0.481 e. The number of hydrogen-bond donors (Lipinski definition) is 1. The Bertz CT molecular complexity index is 471. The summed E-state index contributed by atoms with van der Waals surface area (Å²) >= 11 is 0. The van der Waals surface area contributed by atoms with Gasteiger partial charge in [-0.3, -0.25) is 9.59 Å². The van der Waals surface area contributed by atoms with Crippen molar-refractivity contribution in [3.63, 3.8) is 0 Å². The number of rotatable bonds is 2. The second-order valence-electron chi connectivity index (χ2n) is 6.81. The number of likely N-dealkylation sites (tertiary alicyclic amines) is 2. The molecule has 2 heterocycles. The maximum absolute atomic E-state index is 12.5. The molecule has 1 atom stereocenters. The van der Waals surface area contributed by atoms with E-state index in [0.717, 1.165) is 0 Å². The van der Waals surface area contributed by atoms with E-state index in [9.17, 15) is 19.5 Å². The van der Waals surface area contributed by atoms with E-state index in [1.54, 1.807) is 35.7 Å². The number of carboxylic acid groups (broad SMARTS) is 1. The fraction of sp³-hybridized carbons (Fsp3) is 0.800. The van der Waals surface area contributed by atoms with Crippen molar-refractivity contribution in [1.82, 2.24) is 14.7 Å². The lowest BCUT2D eigenvalue weighted by atomic mass is 9.90. The third-order valence-electron chi connectivity index (χ3n) is 4.80. The Morgan fingerprint density at radius 2 is 1.68 bits per heavy atom. The van der Waals surface area contributed by atoms with E-state index < -0.39 is 11.4 Å². The van der Waals surface area contributed by atoms with Gasteiger partial charge in [-0.25, -0.2) is 4.79 Å². The molecule has 22 heavy (non-hydrogen) atoms. The molecule has 0 aliphatic carbocycles. The summed E-state index contributed by atoms with van der Waals surface area (Å²) in [6.45, 7) is 3.66. The maximum Gasteiger partial charge on any atom is 0.319 e. The average Bonchev–Trinajstić information content (AvgIpc) is 2.90. The summed E-state index contributed by atoms with van der Waals surface area (Å²) < 4.78 is 0. The molecule has 0 aromatic rings. The van der Waals surface area contributed by atoms with E-state index in [2.05, 4.69) is 0 Å². The SMILES string of the molecule is CN(C)C(=O)N1CCC(C(=O)N2CCC(C)(C(=O)O)C2)CC1. The molecule has 124 valence electrons. The molecule has 2 aliphatic heterocycles. The third-order valence-corrected chi connectivity index (χ3v) is 4.80. The van der Waals surface area contributed by atoms with Crippen molar-refractivity contribution >= 4 is 17.9 Å². The zero-order valence-electron chi connectivity index (χ0n) is 13.5. The van der Waals surface area contributed by atoms with Gasteiger partial charge >= 0.3 is 12.0 Å². The van der Waals surface area contributed by atoms with Gasteiger partial charge in [0.1, 0.15) is 0 Å². The smallest absolute Gasteiger partial charge is 0.319 e. The monoisotopic (exact) mass is 311 g/mol. The minimum atomic E-state index is -0.839. The summed E-state index contributed by atoms with van der Waals surface area (Å²) in [5, 5.41) is 9.24. The number of urea groups is 1. The minimum absolute atomic E-state index is 0.0227. The first-order valence-electron chi connectivity index (χ1n) is 7.73. The normalized spacial score (nSPS) is 26.1. The van der Waals surface area contributed by atoms with Crippen LogP contribution < -0.4 is 0 Å². The van der Waals surface area contributed by atoms with Gasteiger partial charge in [0.15, 0.2) is 0 Å². The topological polar surface area (TPSA) is 81.2 Å². The van der Waals surface area contributed by atoms with Crippen LogP contribution in [0.5, 0.6) is 0 Å². The van der Waals surface area contributed by atoms with Crippen LogP contribution in [0.1, 0.15) is 26.2 Å². The summed E-state index contributed by atoms with van der Waals surface area (Å²) in [7, 11) is 3.44. The number of piperidine rings is 1. The third kappa shape index (κ3) is 3.18. The van der Waals surface area contributed by atoms with E-state index in [1.165, 1.54) is 0 Å². The Kier molecular flexibility index (Phi) is 4.63. The van der Waals surface area contributed by atoms with Crippen molar-refractivity contribution in [2.24, 2.45) is 11.3 Å². The van der Waals surface area contributed by atoms with Gasteiger partial charge in [0.05, 0.1) is 5.41 Å². The number of carbonyl (C=O) groups excluding carboxylic acids is 2. The number of amides is 3. The van der Waals surface area contributed by atoms with Crippen molar-refractivity contribution in [2.45, 2.75) is 26.2 Å². The fourth-order valence-corrected chi connectivity index (χ4v) is 3.18. The van der Waals surface area contributed by atoms with Gasteiger partial charge in [0, 0.05) is 46.2 Å². The second-order valence-corrected chi connectivity index (χ2v) is 6.81. The first kappa shape index (κ1) is 16.6. The number of hydrogen-bond acceptors (Lipinski definition) is 3. The Morgan fingerprint density at radius 3 is 2.14 bits per heavy atom. The molecule has 2 fully saturated rings. The van der Waals surface area contributed by atoms with Crippen molar-refractivity contribution in [3.8, 4) is 0 Å². The number of carbonyl (C=O) groups is 3. The van der Waals surface area contributed by atoms with Crippen LogP contribution in [0.3, 0.4) is 0 Å². The van der Waals surface area contributed by atoms with E-state index in [-0.39, 0.29) is 24.4 Å². The molecule has 0 saturated carbocycles. The van der Waals surface area contributed by atoms with Crippen LogP contribution in [0.15, 0.2) is 0 Å². The highest BCUT2D eigenvalue weighted by atomic mass is 16.4. The Hall–Kier alpha value is -1.79. The molecule has 7 heteroatoms. The number of carboxylic acids is 1. The van der Waals surface area contributed by atoms with Gasteiger partial charge in [-0.05, 0) is 26.2 Å². The molecule has 2 rings (SSSR count). The molecule has 1 N–H and O–H groups in total. The van der Waals surface area contributed by atoms with Crippen LogP contribution in [0.25, 0.3) is 0 Å². The molecule has 1 unspecified atom stereocenters. The summed E-state index contributed by atoms with van der Waals surface area (Å²) in [5.74, 6) is -0.890. The van der Waals surface area contributed by atoms with E-state index >= 15 is 0 Å². The fourth-order valence-electron chi connectivity index (χ4n) is 3.18. The van der Waals surface area contributed by atoms with Crippen LogP contribution in [0.2, 0.25) is 0 Å². The average molecular weight is 311 g/mol. The van der Waals surface area contributed by atoms with Gasteiger partial charge in [0.2, 0.25) is 5.91 Å². The molecule has 3 amide bonds. The predicted octanol–water partition coefficient (Wildman–Crippen LogP) is 0.703. The summed E-state index contributed by atoms with van der Waals surface area (Å²) in [6, 6.07) is -0.0227. The van der Waals surface area contributed by atoms with Crippen LogP contribution >= 0.6 is 0 Å². The molecule has 0 aromatic carbocycles. The lowest BCUT2D eigenvalue weighted by Crippen LogP contribution is -2.47. The minimum Gasteiger partial charge on any atom is -0.481 e. The highest BCUT2D eigenvalue weighted by molar-refractivity contribution is 5.82. The molecule has 0 radical (unpaired) electrons. The van der Waals surface area contributed by atoms with Crippen molar-refractivity contribution < 1.29 is 19.5 Å². The second kappa shape index (κ2) is 6.14. The molecular formula is C15H25N3O4. The maximum atomic E-state index is 12.5. The Morgan fingerprint density at radius 1 is 1.09 bits per heavy atom. The highest BCUT2D eigenvalue weighted by Crippen LogP contribution is 2.32. The molecule has 0 aromatic heterocycles. The highest BCUT2D eigenvalue weighted by Gasteiger charge is 2.43. The number of nitrogens with zero attached hydrogens (tertiary/aromatic N) is 3. The molecule has 2 saturated heterocycles. The van der Waals surface area contributed by atoms with Crippen LogP contribution in [-0.2, 0) is 9.59 Å². The lowest BCUT2D eigenvalue weighted by Gasteiger charge is -2.34.